The topological polar surface area (TPSA) is 68.9 Å². The van der Waals surface area contributed by atoms with Crippen molar-refractivity contribution >= 4 is 45.1 Å². The van der Waals surface area contributed by atoms with Crippen molar-refractivity contribution in [3.8, 4) is 0 Å². The summed E-state index contributed by atoms with van der Waals surface area (Å²) in [6.07, 6.45) is 1.55. The molecule has 0 radical (unpaired) electrons. The molecule has 2 heterocycles. The number of amides is 1. The van der Waals surface area contributed by atoms with Gasteiger partial charge in [-0.05, 0) is 55.7 Å². The van der Waals surface area contributed by atoms with Crippen LogP contribution in [0.1, 0.15) is 22.3 Å². The van der Waals surface area contributed by atoms with E-state index >= 15 is 0 Å². The Kier molecular flexibility index (Phi) is 5.91. The Hall–Kier alpha value is -3.90. The molecule has 3 aromatic carbocycles. The highest BCUT2D eigenvalue weighted by Crippen LogP contribution is 2.27. The number of aromatic nitrogens is 3. The zero-order chi connectivity index (χ0) is 24.7. The Morgan fingerprint density at radius 1 is 1.00 bits per heavy atom. The summed E-state index contributed by atoms with van der Waals surface area (Å²) in [4.78, 5) is 31.5. The summed E-state index contributed by atoms with van der Waals surface area (Å²) in [5.41, 5.74) is 6.21. The first-order chi connectivity index (χ1) is 16.8. The molecule has 35 heavy (non-hydrogen) atoms. The lowest BCUT2D eigenvalue weighted by atomic mass is 10.1. The fraction of sp³-hybridized carbons (Fsp3) is 0.179. The van der Waals surface area contributed by atoms with E-state index in [2.05, 4.69) is 10.3 Å². The number of hydrogen-bond donors (Lipinski definition) is 1. The van der Waals surface area contributed by atoms with Crippen molar-refractivity contribution < 1.29 is 4.79 Å². The summed E-state index contributed by atoms with van der Waals surface area (Å²) < 4.78 is 3.31. The van der Waals surface area contributed by atoms with Crippen molar-refractivity contribution in [2.45, 2.75) is 33.9 Å². The molecule has 0 spiro atoms. The maximum atomic E-state index is 13.7. The van der Waals surface area contributed by atoms with Crippen molar-refractivity contribution in [1.82, 2.24) is 14.1 Å². The Morgan fingerprint density at radius 2 is 1.74 bits per heavy atom. The Bertz CT molecular complexity index is 1650. The molecule has 0 saturated heterocycles. The minimum absolute atomic E-state index is 0.0101. The van der Waals surface area contributed by atoms with Crippen LogP contribution in [0.3, 0.4) is 0 Å². The number of para-hydroxylation sites is 1. The second kappa shape index (κ2) is 9.04. The molecule has 0 aliphatic carbocycles. The minimum Gasteiger partial charge on any atom is -0.325 e. The molecule has 0 atom stereocenters. The molecule has 0 unspecified atom stereocenters. The van der Waals surface area contributed by atoms with Gasteiger partial charge in [-0.1, -0.05) is 59.6 Å². The molecule has 0 aliphatic rings. The van der Waals surface area contributed by atoms with Gasteiger partial charge in [0.25, 0.3) is 5.56 Å². The Morgan fingerprint density at radius 3 is 2.49 bits per heavy atom. The maximum absolute atomic E-state index is 13.7. The molecule has 5 aromatic rings. The highest BCUT2D eigenvalue weighted by atomic mass is 35.5. The SMILES string of the molecule is Cc1ccc2c(c1)c1ncn(Cc3ccccc3Cl)c(=O)c1n2CC(=O)Nc1c(C)cccc1C. The molecule has 0 aliphatic heterocycles. The van der Waals surface area contributed by atoms with Crippen LogP contribution in [-0.2, 0) is 17.9 Å². The quantitative estimate of drug-likeness (QED) is 0.352. The van der Waals surface area contributed by atoms with Crippen LogP contribution in [0.4, 0.5) is 5.69 Å². The van der Waals surface area contributed by atoms with Crippen LogP contribution in [0.15, 0.2) is 71.8 Å². The summed E-state index contributed by atoms with van der Waals surface area (Å²) in [5.74, 6) is -0.206. The van der Waals surface area contributed by atoms with Gasteiger partial charge in [-0.25, -0.2) is 4.98 Å². The number of anilines is 1. The van der Waals surface area contributed by atoms with Gasteiger partial charge < -0.3 is 9.88 Å². The molecule has 1 amide bonds. The molecule has 176 valence electrons. The van der Waals surface area contributed by atoms with Gasteiger partial charge in [-0.15, -0.1) is 0 Å². The van der Waals surface area contributed by atoms with Crippen LogP contribution >= 0.6 is 11.6 Å². The lowest BCUT2D eigenvalue weighted by Gasteiger charge is -2.13. The fourth-order valence-corrected chi connectivity index (χ4v) is 4.73. The van der Waals surface area contributed by atoms with Crippen LogP contribution in [0.2, 0.25) is 5.02 Å². The van der Waals surface area contributed by atoms with Gasteiger partial charge in [-0.3, -0.25) is 14.2 Å². The second-order valence-corrected chi connectivity index (χ2v) is 9.30. The van der Waals surface area contributed by atoms with E-state index in [-0.39, 0.29) is 24.6 Å². The van der Waals surface area contributed by atoms with Crippen LogP contribution < -0.4 is 10.9 Å². The first-order valence-corrected chi connectivity index (χ1v) is 11.8. The van der Waals surface area contributed by atoms with Gasteiger partial charge >= 0.3 is 0 Å². The predicted molar refractivity (Wildman–Crippen MR) is 141 cm³/mol. The second-order valence-electron chi connectivity index (χ2n) is 8.89. The fourth-order valence-electron chi connectivity index (χ4n) is 4.54. The lowest BCUT2D eigenvalue weighted by Crippen LogP contribution is -2.26. The third kappa shape index (κ3) is 4.21. The summed E-state index contributed by atoms with van der Waals surface area (Å²) in [6.45, 7) is 6.20. The zero-order valence-electron chi connectivity index (χ0n) is 19.8. The van der Waals surface area contributed by atoms with E-state index in [9.17, 15) is 9.59 Å². The molecule has 1 N–H and O–H groups in total. The third-order valence-electron chi connectivity index (χ3n) is 6.33. The van der Waals surface area contributed by atoms with Crippen LogP contribution in [0.25, 0.3) is 21.9 Å². The number of rotatable bonds is 5. The van der Waals surface area contributed by atoms with Crippen LogP contribution in [0, 0.1) is 20.8 Å². The van der Waals surface area contributed by atoms with Crippen molar-refractivity contribution in [3.63, 3.8) is 0 Å². The third-order valence-corrected chi connectivity index (χ3v) is 6.70. The van der Waals surface area contributed by atoms with Gasteiger partial charge in [-0.2, -0.15) is 0 Å². The number of benzene rings is 3. The number of halogens is 1. The molecule has 5 rings (SSSR count). The number of carbonyl (C=O) groups is 1. The summed E-state index contributed by atoms with van der Waals surface area (Å²) in [7, 11) is 0. The van der Waals surface area contributed by atoms with Gasteiger partial charge in [0.2, 0.25) is 5.91 Å². The molecule has 7 heteroatoms. The maximum Gasteiger partial charge on any atom is 0.278 e. The van der Waals surface area contributed by atoms with Crippen molar-refractivity contribution in [3.05, 3.63) is 105 Å². The average Bonchev–Trinajstić information content (AvgIpc) is 3.12. The van der Waals surface area contributed by atoms with Crippen LogP contribution in [-0.4, -0.2) is 20.0 Å². The van der Waals surface area contributed by atoms with E-state index in [0.29, 0.717) is 16.1 Å². The first kappa shape index (κ1) is 22.9. The van der Waals surface area contributed by atoms with E-state index in [1.54, 1.807) is 17.0 Å². The number of fused-ring (bicyclic) bond motifs is 3. The Balaban J connectivity index is 1.62. The smallest absolute Gasteiger partial charge is 0.278 e. The Labute approximate surface area is 207 Å². The molecule has 0 bridgehead atoms. The molecule has 6 nitrogen and oxygen atoms in total. The predicted octanol–water partition coefficient (Wildman–Crippen LogP) is 5.62. The highest BCUT2D eigenvalue weighted by Gasteiger charge is 2.19. The van der Waals surface area contributed by atoms with Gasteiger partial charge in [0.05, 0.1) is 18.4 Å². The highest BCUT2D eigenvalue weighted by molar-refractivity contribution is 6.31. The number of hydrogen-bond acceptors (Lipinski definition) is 3. The summed E-state index contributed by atoms with van der Waals surface area (Å²) in [5, 5.41) is 4.47. The normalized spacial score (nSPS) is 11.3. The first-order valence-electron chi connectivity index (χ1n) is 11.4. The van der Waals surface area contributed by atoms with E-state index in [1.165, 1.54) is 4.57 Å². The number of nitrogens with zero attached hydrogens (tertiary/aromatic N) is 3. The van der Waals surface area contributed by atoms with E-state index in [1.807, 2.05) is 75.4 Å². The van der Waals surface area contributed by atoms with Crippen molar-refractivity contribution in [1.29, 1.82) is 0 Å². The number of aryl methyl sites for hydroxylation is 3. The lowest BCUT2D eigenvalue weighted by molar-refractivity contribution is -0.116. The van der Waals surface area contributed by atoms with Crippen LogP contribution in [0.5, 0.6) is 0 Å². The number of carbonyl (C=O) groups excluding carboxylic acids is 1. The van der Waals surface area contributed by atoms with E-state index in [0.717, 1.165) is 38.8 Å². The van der Waals surface area contributed by atoms with Gasteiger partial charge in [0, 0.05) is 16.1 Å². The standard InChI is InChI=1S/C28H25ClN4O2/c1-17-11-12-23-21(13-17)26-27(28(35)32(16-30-26)14-20-9-4-5-10-22(20)29)33(23)15-24(34)31-25-18(2)7-6-8-19(25)3/h4-13,16H,14-15H2,1-3H3,(H,31,34). The molecular weight excluding hydrogens is 460 g/mol. The van der Waals surface area contributed by atoms with Gasteiger partial charge in [0.15, 0.2) is 0 Å². The molecular formula is C28H25ClN4O2. The van der Waals surface area contributed by atoms with Gasteiger partial charge in [0.1, 0.15) is 17.6 Å². The van der Waals surface area contributed by atoms with E-state index in [4.69, 9.17) is 11.6 Å². The van der Waals surface area contributed by atoms with E-state index < -0.39 is 0 Å². The summed E-state index contributed by atoms with van der Waals surface area (Å²) >= 11 is 6.34. The number of nitrogens with one attached hydrogen (secondary N) is 1. The van der Waals surface area contributed by atoms with Crippen molar-refractivity contribution in [2.24, 2.45) is 0 Å². The molecule has 0 fully saturated rings. The summed E-state index contributed by atoms with van der Waals surface area (Å²) in [6, 6.07) is 19.2. The van der Waals surface area contributed by atoms with Crippen molar-refractivity contribution in [2.75, 3.05) is 5.32 Å². The minimum atomic E-state index is -0.219. The average molecular weight is 485 g/mol. The molecule has 2 aromatic heterocycles. The largest absolute Gasteiger partial charge is 0.325 e. The zero-order valence-corrected chi connectivity index (χ0v) is 20.6. The molecule has 0 saturated carbocycles. The monoisotopic (exact) mass is 484 g/mol.